The Morgan fingerprint density at radius 3 is 2.73 bits per heavy atom. The number of ether oxygens (including phenoxy) is 1. The number of carbonyl (C=O) groups excluding carboxylic acids is 3. The molecule has 2 aromatic rings. The van der Waals surface area contributed by atoms with E-state index in [1.807, 2.05) is 6.92 Å². The second-order valence-corrected chi connectivity index (χ2v) is 7.84. The Kier molecular flexibility index (Phi) is 6.69. The maximum Gasteiger partial charge on any atom is 0.294 e. The van der Waals surface area contributed by atoms with E-state index in [-0.39, 0.29) is 16.4 Å². The first-order valence-corrected chi connectivity index (χ1v) is 10.2. The molecule has 0 unspecified atom stereocenters. The molecule has 0 atom stereocenters. The van der Waals surface area contributed by atoms with Crippen molar-refractivity contribution < 1.29 is 24.2 Å². The van der Waals surface area contributed by atoms with Gasteiger partial charge in [0.15, 0.2) is 11.5 Å². The Bertz CT molecular complexity index is 1050. The van der Waals surface area contributed by atoms with Gasteiger partial charge in [0.2, 0.25) is 5.91 Å². The molecule has 2 aromatic carbocycles. The number of anilines is 1. The van der Waals surface area contributed by atoms with E-state index in [0.717, 1.165) is 22.2 Å². The number of aryl methyl sites for hydroxylation is 1. The second-order valence-electron chi connectivity index (χ2n) is 6.44. The summed E-state index contributed by atoms with van der Waals surface area (Å²) in [6.07, 6.45) is 1.52. The maximum absolute atomic E-state index is 12.6. The average molecular weight is 447 g/mol. The van der Waals surface area contributed by atoms with Crippen molar-refractivity contribution in [2.45, 2.75) is 13.8 Å². The third kappa shape index (κ3) is 4.95. The zero-order valence-electron chi connectivity index (χ0n) is 16.3. The van der Waals surface area contributed by atoms with Crippen LogP contribution in [0.25, 0.3) is 6.08 Å². The normalized spacial score (nSPS) is 15.0. The molecular weight excluding hydrogens is 428 g/mol. The predicted molar refractivity (Wildman–Crippen MR) is 117 cm³/mol. The minimum absolute atomic E-state index is 0.0185. The number of aromatic hydroxyl groups is 1. The summed E-state index contributed by atoms with van der Waals surface area (Å²) in [5.74, 6) is -0.813. The van der Waals surface area contributed by atoms with Crippen LogP contribution in [0.15, 0.2) is 41.3 Å². The SMILES string of the molecule is CCOc1cc(/C=C2/SC(=O)N(CC(=O)Nc3ccc(C)c(Cl)c3)C2=O)ccc1O. The van der Waals surface area contributed by atoms with Crippen LogP contribution < -0.4 is 10.1 Å². The zero-order chi connectivity index (χ0) is 21.8. The fourth-order valence-electron chi connectivity index (χ4n) is 2.69. The molecule has 3 amide bonds. The lowest BCUT2D eigenvalue weighted by atomic mass is 10.2. The molecule has 0 aromatic heterocycles. The Morgan fingerprint density at radius 2 is 2.03 bits per heavy atom. The summed E-state index contributed by atoms with van der Waals surface area (Å²) in [7, 11) is 0. The van der Waals surface area contributed by atoms with Crippen molar-refractivity contribution in [2.75, 3.05) is 18.5 Å². The molecule has 30 heavy (non-hydrogen) atoms. The fourth-order valence-corrected chi connectivity index (χ4v) is 3.71. The van der Waals surface area contributed by atoms with Crippen LogP contribution in [0, 0.1) is 6.92 Å². The Hall–Kier alpha value is -2.97. The quantitative estimate of drug-likeness (QED) is 0.637. The Morgan fingerprint density at radius 1 is 1.27 bits per heavy atom. The number of halogens is 1. The van der Waals surface area contributed by atoms with Gasteiger partial charge in [-0.3, -0.25) is 19.3 Å². The van der Waals surface area contributed by atoms with Crippen LogP contribution in [-0.2, 0) is 9.59 Å². The van der Waals surface area contributed by atoms with E-state index in [4.69, 9.17) is 16.3 Å². The monoisotopic (exact) mass is 446 g/mol. The topological polar surface area (TPSA) is 95.9 Å². The van der Waals surface area contributed by atoms with Crippen molar-refractivity contribution in [2.24, 2.45) is 0 Å². The number of imide groups is 1. The zero-order valence-corrected chi connectivity index (χ0v) is 17.8. The van der Waals surface area contributed by atoms with Crippen LogP contribution in [0.3, 0.4) is 0 Å². The first kappa shape index (κ1) is 21.7. The van der Waals surface area contributed by atoms with Gasteiger partial charge in [-0.1, -0.05) is 23.7 Å². The van der Waals surface area contributed by atoms with Crippen molar-refractivity contribution in [3.8, 4) is 11.5 Å². The third-order valence-corrected chi connectivity index (χ3v) is 5.53. The third-order valence-electron chi connectivity index (χ3n) is 4.21. The van der Waals surface area contributed by atoms with Gasteiger partial charge in [0.25, 0.3) is 11.1 Å². The highest BCUT2D eigenvalue weighted by atomic mass is 35.5. The molecule has 2 N–H and O–H groups in total. The molecule has 1 saturated heterocycles. The van der Waals surface area contributed by atoms with Crippen molar-refractivity contribution in [1.29, 1.82) is 0 Å². The summed E-state index contributed by atoms with van der Waals surface area (Å²) in [5, 5.41) is 12.4. The number of amides is 3. The summed E-state index contributed by atoms with van der Waals surface area (Å²) < 4.78 is 5.33. The molecule has 0 saturated carbocycles. The van der Waals surface area contributed by atoms with Gasteiger partial charge in [-0.15, -0.1) is 0 Å². The number of benzene rings is 2. The van der Waals surface area contributed by atoms with Gasteiger partial charge >= 0.3 is 0 Å². The molecule has 3 rings (SSSR count). The minimum atomic E-state index is -0.562. The molecule has 0 aliphatic carbocycles. The number of phenolic OH excluding ortho intramolecular Hbond substituents is 1. The van der Waals surface area contributed by atoms with Crippen LogP contribution in [0.1, 0.15) is 18.1 Å². The molecule has 1 aliphatic heterocycles. The second kappa shape index (κ2) is 9.23. The van der Waals surface area contributed by atoms with Gasteiger partial charge in [0, 0.05) is 10.7 Å². The van der Waals surface area contributed by atoms with Crippen molar-refractivity contribution in [1.82, 2.24) is 4.90 Å². The highest BCUT2D eigenvalue weighted by Crippen LogP contribution is 2.34. The van der Waals surface area contributed by atoms with E-state index in [9.17, 15) is 19.5 Å². The first-order chi connectivity index (χ1) is 14.3. The number of phenols is 1. The van der Waals surface area contributed by atoms with Crippen LogP contribution >= 0.6 is 23.4 Å². The van der Waals surface area contributed by atoms with Gasteiger partial charge in [0.05, 0.1) is 11.5 Å². The lowest BCUT2D eigenvalue weighted by Gasteiger charge is -2.13. The highest BCUT2D eigenvalue weighted by molar-refractivity contribution is 8.18. The molecular formula is C21H19ClN2O5S. The highest BCUT2D eigenvalue weighted by Gasteiger charge is 2.36. The summed E-state index contributed by atoms with van der Waals surface area (Å²) in [6, 6.07) is 9.66. The molecule has 0 bridgehead atoms. The minimum Gasteiger partial charge on any atom is -0.504 e. The first-order valence-electron chi connectivity index (χ1n) is 9.05. The molecule has 9 heteroatoms. The summed E-state index contributed by atoms with van der Waals surface area (Å²) in [6.45, 7) is 3.58. The standard InChI is InChI=1S/C21H19ClN2O5S/c1-3-29-17-8-13(5-7-16(17)25)9-18-20(27)24(21(28)30-18)11-19(26)23-14-6-4-12(2)15(22)10-14/h4-10,25H,3,11H2,1-2H3,(H,23,26)/b18-9+. The van der Waals surface area contributed by atoms with E-state index in [2.05, 4.69) is 5.32 Å². The number of hydrogen-bond donors (Lipinski definition) is 2. The predicted octanol–water partition coefficient (Wildman–Crippen LogP) is 4.43. The van der Waals surface area contributed by atoms with Gasteiger partial charge in [-0.05, 0) is 67.1 Å². The van der Waals surface area contributed by atoms with Gasteiger partial charge in [-0.25, -0.2) is 0 Å². The average Bonchev–Trinajstić information content (AvgIpc) is 2.95. The number of thioether (sulfide) groups is 1. The maximum atomic E-state index is 12.6. The molecule has 156 valence electrons. The number of rotatable bonds is 6. The van der Waals surface area contributed by atoms with Gasteiger partial charge < -0.3 is 15.2 Å². The van der Waals surface area contributed by atoms with E-state index >= 15 is 0 Å². The molecule has 1 heterocycles. The van der Waals surface area contributed by atoms with Crippen molar-refractivity contribution in [3.05, 3.63) is 57.5 Å². The number of hydrogen-bond acceptors (Lipinski definition) is 6. The summed E-state index contributed by atoms with van der Waals surface area (Å²) in [4.78, 5) is 38.2. The van der Waals surface area contributed by atoms with E-state index in [1.165, 1.54) is 12.1 Å². The van der Waals surface area contributed by atoms with Crippen molar-refractivity contribution >= 4 is 52.2 Å². The Balaban J connectivity index is 1.71. The van der Waals surface area contributed by atoms with Crippen LogP contribution in [0.5, 0.6) is 11.5 Å². The summed E-state index contributed by atoms with van der Waals surface area (Å²) in [5.41, 5.74) is 1.93. The molecule has 0 spiro atoms. The number of carbonyl (C=O) groups is 3. The van der Waals surface area contributed by atoms with Crippen LogP contribution in [0.4, 0.5) is 10.5 Å². The lowest BCUT2D eigenvalue weighted by molar-refractivity contribution is -0.127. The summed E-state index contributed by atoms with van der Waals surface area (Å²) >= 11 is 6.79. The smallest absolute Gasteiger partial charge is 0.294 e. The molecule has 1 fully saturated rings. The van der Waals surface area contributed by atoms with Gasteiger partial charge in [0.1, 0.15) is 6.54 Å². The fraction of sp³-hybridized carbons (Fsp3) is 0.190. The Labute approximate surface area is 182 Å². The van der Waals surface area contributed by atoms with E-state index in [1.54, 1.807) is 37.3 Å². The molecule has 1 aliphatic rings. The molecule has 0 radical (unpaired) electrons. The number of nitrogens with one attached hydrogen (secondary N) is 1. The van der Waals surface area contributed by atoms with Crippen LogP contribution in [-0.4, -0.2) is 40.2 Å². The molecule has 7 nitrogen and oxygen atoms in total. The largest absolute Gasteiger partial charge is 0.504 e. The number of nitrogens with zero attached hydrogens (tertiary/aromatic N) is 1. The van der Waals surface area contributed by atoms with E-state index < -0.39 is 23.6 Å². The van der Waals surface area contributed by atoms with Crippen LogP contribution in [0.2, 0.25) is 5.02 Å². The van der Waals surface area contributed by atoms with Crippen molar-refractivity contribution in [3.63, 3.8) is 0 Å². The lowest BCUT2D eigenvalue weighted by Crippen LogP contribution is -2.36. The van der Waals surface area contributed by atoms with Gasteiger partial charge in [-0.2, -0.15) is 0 Å². The van der Waals surface area contributed by atoms with E-state index in [0.29, 0.717) is 22.9 Å².